The van der Waals surface area contributed by atoms with E-state index in [9.17, 15) is 13.2 Å². The first-order chi connectivity index (χ1) is 10.3. The molecule has 0 N–H and O–H groups in total. The largest absolute Gasteiger partial charge is 0.573 e. The highest BCUT2D eigenvalue weighted by Gasteiger charge is 2.33. The number of nitrogens with zero attached hydrogens (tertiary/aromatic N) is 3. The fourth-order valence-electron chi connectivity index (χ4n) is 2.79. The van der Waals surface area contributed by atoms with Crippen molar-refractivity contribution < 1.29 is 17.9 Å². The van der Waals surface area contributed by atoms with Crippen LogP contribution in [0.4, 0.5) is 18.9 Å². The third kappa shape index (κ3) is 2.88. The number of fused-ring (bicyclic) bond motifs is 1. The van der Waals surface area contributed by atoms with Gasteiger partial charge in [0.05, 0.1) is 6.20 Å². The Balaban J connectivity index is 2.13. The predicted molar refractivity (Wildman–Crippen MR) is 76.9 cm³/mol. The topological polar surface area (TPSA) is 30.3 Å². The molecule has 0 saturated carbocycles. The second-order valence-corrected chi connectivity index (χ2v) is 5.45. The molecule has 2 aromatic rings. The van der Waals surface area contributed by atoms with Crippen LogP contribution in [-0.4, -0.2) is 29.7 Å². The molecule has 0 radical (unpaired) electrons. The van der Waals surface area contributed by atoms with E-state index in [1.165, 1.54) is 12.3 Å². The molecule has 1 aliphatic heterocycles. The maximum atomic E-state index is 12.7. The number of anilines is 1. The van der Waals surface area contributed by atoms with E-state index >= 15 is 0 Å². The minimum absolute atomic E-state index is 0.187. The van der Waals surface area contributed by atoms with E-state index < -0.39 is 6.36 Å². The Kier molecular flexibility index (Phi) is 3.50. The molecule has 0 unspecified atom stereocenters. The van der Waals surface area contributed by atoms with Crippen LogP contribution in [-0.2, 0) is 13.5 Å². The number of hydrogen-bond acceptors (Lipinski definition) is 3. The predicted octanol–water partition coefficient (Wildman–Crippen LogP) is 3.37. The second kappa shape index (κ2) is 5.23. The molecule has 0 aliphatic carbocycles. The van der Waals surface area contributed by atoms with Crippen molar-refractivity contribution in [3.05, 3.63) is 30.1 Å². The number of alkyl halides is 3. The number of aromatic nitrogens is 2. The lowest BCUT2D eigenvalue weighted by molar-refractivity contribution is -0.274. The molecule has 0 saturated heterocycles. The summed E-state index contributed by atoms with van der Waals surface area (Å²) in [4.78, 5) is 1.95. The summed E-state index contributed by atoms with van der Waals surface area (Å²) in [6.45, 7) is 0.824. The average molecular weight is 311 g/mol. The first-order valence-electron chi connectivity index (χ1n) is 6.96. The molecule has 0 bridgehead atoms. The van der Waals surface area contributed by atoms with Gasteiger partial charge in [-0.2, -0.15) is 5.10 Å². The Hall–Kier alpha value is -2.18. The smallest absolute Gasteiger partial charge is 0.405 e. The van der Waals surface area contributed by atoms with Crippen LogP contribution in [0, 0.1) is 0 Å². The molecule has 22 heavy (non-hydrogen) atoms. The van der Waals surface area contributed by atoms with Gasteiger partial charge in [0, 0.05) is 49.7 Å². The summed E-state index contributed by atoms with van der Waals surface area (Å²) in [5.41, 5.74) is 2.84. The Morgan fingerprint density at radius 3 is 2.64 bits per heavy atom. The van der Waals surface area contributed by atoms with Gasteiger partial charge in [-0.15, -0.1) is 13.2 Å². The second-order valence-electron chi connectivity index (χ2n) is 5.45. The standard InChI is InChI=1S/C15H16F3N3O/c1-20-5-3-4-10-6-12(11-8-19-21(2)9-11)14(7-13(10)20)22-15(16,17)18/h6-9H,3-5H2,1-2H3. The minimum Gasteiger partial charge on any atom is -0.405 e. The van der Waals surface area contributed by atoms with E-state index in [0.717, 1.165) is 30.6 Å². The summed E-state index contributed by atoms with van der Waals surface area (Å²) in [5.74, 6) is -0.187. The van der Waals surface area contributed by atoms with Crippen LogP contribution in [0.1, 0.15) is 12.0 Å². The van der Waals surface area contributed by atoms with Gasteiger partial charge in [0.15, 0.2) is 0 Å². The van der Waals surface area contributed by atoms with E-state index in [4.69, 9.17) is 0 Å². The van der Waals surface area contributed by atoms with Gasteiger partial charge in [0.1, 0.15) is 5.75 Å². The van der Waals surface area contributed by atoms with Crippen LogP contribution in [0.5, 0.6) is 5.75 Å². The first-order valence-corrected chi connectivity index (χ1v) is 6.96. The third-order valence-electron chi connectivity index (χ3n) is 3.77. The zero-order valence-electron chi connectivity index (χ0n) is 12.3. The molecule has 118 valence electrons. The van der Waals surface area contributed by atoms with Crippen molar-refractivity contribution in [1.29, 1.82) is 0 Å². The molecule has 1 aromatic heterocycles. The molecule has 0 fully saturated rings. The van der Waals surface area contributed by atoms with Crippen molar-refractivity contribution in [1.82, 2.24) is 9.78 Å². The molecule has 0 amide bonds. The van der Waals surface area contributed by atoms with Crippen LogP contribution >= 0.6 is 0 Å². The van der Waals surface area contributed by atoms with Crippen molar-refractivity contribution in [2.24, 2.45) is 7.05 Å². The fraction of sp³-hybridized carbons (Fsp3) is 0.400. The number of halogens is 3. The normalized spacial score (nSPS) is 14.9. The van der Waals surface area contributed by atoms with E-state index in [2.05, 4.69) is 9.84 Å². The van der Waals surface area contributed by atoms with Crippen molar-refractivity contribution in [3.8, 4) is 16.9 Å². The molecule has 1 aromatic carbocycles. The molecule has 1 aliphatic rings. The third-order valence-corrected chi connectivity index (χ3v) is 3.77. The van der Waals surface area contributed by atoms with E-state index in [1.807, 2.05) is 11.9 Å². The lowest BCUT2D eigenvalue weighted by Crippen LogP contribution is -2.25. The van der Waals surface area contributed by atoms with Gasteiger partial charge in [-0.05, 0) is 24.5 Å². The van der Waals surface area contributed by atoms with Gasteiger partial charge in [-0.1, -0.05) is 0 Å². The summed E-state index contributed by atoms with van der Waals surface area (Å²) in [5, 5.41) is 4.03. The lowest BCUT2D eigenvalue weighted by Gasteiger charge is -2.29. The summed E-state index contributed by atoms with van der Waals surface area (Å²) < 4.78 is 43.9. The van der Waals surface area contributed by atoms with Crippen molar-refractivity contribution in [3.63, 3.8) is 0 Å². The van der Waals surface area contributed by atoms with Gasteiger partial charge >= 0.3 is 6.36 Å². The highest BCUT2D eigenvalue weighted by Crippen LogP contribution is 2.40. The van der Waals surface area contributed by atoms with Crippen molar-refractivity contribution in [2.75, 3.05) is 18.5 Å². The fourth-order valence-corrected chi connectivity index (χ4v) is 2.79. The van der Waals surface area contributed by atoms with E-state index in [-0.39, 0.29) is 5.75 Å². The van der Waals surface area contributed by atoms with Gasteiger partial charge in [-0.25, -0.2) is 0 Å². The molecule has 2 heterocycles. The summed E-state index contributed by atoms with van der Waals surface area (Å²) in [6, 6.07) is 3.26. The van der Waals surface area contributed by atoms with Crippen LogP contribution in [0.3, 0.4) is 0 Å². The molecule has 0 spiro atoms. The zero-order valence-corrected chi connectivity index (χ0v) is 12.3. The van der Waals surface area contributed by atoms with Crippen LogP contribution < -0.4 is 9.64 Å². The highest BCUT2D eigenvalue weighted by atomic mass is 19.4. The lowest BCUT2D eigenvalue weighted by atomic mass is 9.96. The molecule has 0 atom stereocenters. The first kappa shape index (κ1) is 14.7. The Bertz CT molecular complexity index is 694. The molecule has 7 heteroatoms. The monoisotopic (exact) mass is 311 g/mol. The van der Waals surface area contributed by atoms with Crippen LogP contribution in [0.15, 0.2) is 24.5 Å². The van der Waals surface area contributed by atoms with Crippen LogP contribution in [0.2, 0.25) is 0 Å². The molecule has 4 nitrogen and oxygen atoms in total. The SMILES string of the molecule is CN1CCCc2cc(-c3cnn(C)c3)c(OC(F)(F)F)cc21. The minimum atomic E-state index is -4.72. The molecular weight excluding hydrogens is 295 g/mol. The van der Waals surface area contributed by atoms with Crippen molar-refractivity contribution >= 4 is 5.69 Å². The van der Waals surface area contributed by atoms with Gasteiger partial charge in [-0.3, -0.25) is 4.68 Å². The number of rotatable bonds is 2. The number of aryl methyl sites for hydroxylation is 2. The number of ether oxygens (including phenoxy) is 1. The summed E-state index contributed by atoms with van der Waals surface area (Å²) in [7, 11) is 3.60. The maximum Gasteiger partial charge on any atom is 0.573 e. The Morgan fingerprint density at radius 1 is 1.23 bits per heavy atom. The maximum absolute atomic E-state index is 12.7. The van der Waals surface area contributed by atoms with Gasteiger partial charge in [0.2, 0.25) is 0 Å². The quantitative estimate of drug-likeness (QED) is 0.852. The van der Waals surface area contributed by atoms with Gasteiger partial charge in [0.25, 0.3) is 0 Å². The van der Waals surface area contributed by atoms with Crippen LogP contribution in [0.25, 0.3) is 11.1 Å². The number of hydrogen-bond donors (Lipinski definition) is 0. The Labute approximate surface area is 126 Å². The number of benzene rings is 1. The van der Waals surface area contributed by atoms with E-state index in [0.29, 0.717) is 11.1 Å². The van der Waals surface area contributed by atoms with Gasteiger partial charge < -0.3 is 9.64 Å². The van der Waals surface area contributed by atoms with E-state index in [1.54, 1.807) is 24.0 Å². The molecule has 3 rings (SSSR count). The molecular formula is C15H16F3N3O. The zero-order chi connectivity index (χ0) is 15.9. The average Bonchev–Trinajstić information content (AvgIpc) is 2.84. The summed E-state index contributed by atoms with van der Waals surface area (Å²) >= 11 is 0. The Morgan fingerprint density at radius 2 is 2.00 bits per heavy atom. The summed E-state index contributed by atoms with van der Waals surface area (Å²) in [6.07, 6.45) is 0.322. The van der Waals surface area contributed by atoms with Crippen molar-refractivity contribution in [2.45, 2.75) is 19.2 Å². The highest BCUT2D eigenvalue weighted by molar-refractivity contribution is 5.75.